The fourth-order valence-corrected chi connectivity index (χ4v) is 2.27. The number of carbonyl (C=O) groups excluding carboxylic acids is 1. The molecule has 130 valence electrons. The molecule has 8 heteroatoms. The molecule has 0 aromatic heterocycles. The number of benzene rings is 1. The highest BCUT2D eigenvalue weighted by Crippen LogP contribution is 2.30. The van der Waals surface area contributed by atoms with Gasteiger partial charge in [-0.1, -0.05) is 0 Å². The molecule has 1 aromatic rings. The first-order valence-corrected chi connectivity index (χ1v) is 7.77. The Hall–Kier alpha value is -2.64. The topological polar surface area (TPSA) is 122 Å². The number of nitrogens with zero attached hydrogens (tertiary/aromatic N) is 1. The van der Waals surface area contributed by atoms with E-state index in [0.717, 1.165) is 12.8 Å². The minimum atomic E-state index is -0.925. The van der Waals surface area contributed by atoms with Crippen LogP contribution in [0, 0.1) is 10.1 Å². The molecule has 0 spiro atoms. The van der Waals surface area contributed by atoms with Crippen molar-refractivity contribution in [1.29, 1.82) is 0 Å². The Morgan fingerprint density at radius 3 is 2.58 bits per heavy atom. The maximum absolute atomic E-state index is 12.0. The lowest BCUT2D eigenvalue weighted by Gasteiger charge is -2.26. The third-order valence-corrected chi connectivity index (χ3v) is 3.81. The number of rotatable bonds is 8. The largest absolute Gasteiger partial charge is 0.481 e. The molecule has 24 heavy (non-hydrogen) atoms. The summed E-state index contributed by atoms with van der Waals surface area (Å²) in [5.41, 5.74) is -0.344. The van der Waals surface area contributed by atoms with Crippen molar-refractivity contribution < 1.29 is 19.6 Å². The smallest absolute Gasteiger partial charge is 0.303 e. The Balaban J connectivity index is 2.18. The second kappa shape index (κ2) is 6.86. The van der Waals surface area contributed by atoms with E-state index in [1.165, 1.54) is 18.2 Å². The van der Waals surface area contributed by atoms with E-state index in [0.29, 0.717) is 6.42 Å². The number of hydrogen-bond donors (Lipinski definition) is 3. The first-order valence-electron chi connectivity index (χ1n) is 7.77. The number of nitro groups is 1. The average Bonchev–Trinajstić information content (AvgIpc) is 3.29. The molecule has 3 N–H and O–H groups in total. The Morgan fingerprint density at radius 1 is 1.38 bits per heavy atom. The number of amides is 1. The van der Waals surface area contributed by atoms with E-state index in [-0.39, 0.29) is 35.3 Å². The van der Waals surface area contributed by atoms with Crippen molar-refractivity contribution in [3.63, 3.8) is 0 Å². The second-order valence-electron chi connectivity index (χ2n) is 6.64. The van der Waals surface area contributed by atoms with Crippen LogP contribution in [-0.4, -0.2) is 33.5 Å². The van der Waals surface area contributed by atoms with Gasteiger partial charge in [0.1, 0.15) is 5.69 Å². The van der Waals surface area contributed by atoms with Gasteiger partial charge in [-0.2, -0.15) is 0 Å². The van der Waals surface area contributed by atoms with E-state index in [9.17, 15) is 19.7 Å². The summed E-state index contributed by atoms with van der Waals surface area (Å²) in [5.74, 6) is -1.25. The van der Waals surface area contributed by atoms with Gasteiger partial charge >= 0.3 is 5.97 Å². The van der Waals surface area contributed by atoms with Crippen molar-refractivity contribution in [2.24, 2.45) is 0 Å². The number of carboxylic acid groups (broad SMARTS) is 1. The van der Waals surface area contributed by atoms with Crippen LogP contribution in [0.3, 0.4) is 0 Å². The number of anilines is 1. The molecule has 0 saturated heterocycles. The Morgan fingerprint density at radius 2 is 2.04 bits per heavy atom. The van der Waals surface area contributed by atoms with E-state index >= 15 is 0 Å². The molecule has 0 heterocycles. The van der Waals surface area contributed by atoms with Crippen LogP contribution in [0.25, 0.3) is 0 Å². The summed E-state index contributed by atoms with van der Waals surface area (Å²) in [4.78, 5) is 33.5. The van der Waals surface area contributed by atoms with Gasteiger partial charge in [0.2, 0.25) is 0 Å². The fourth-order valence-electron chi connectivity index (χ4n) is 2.27. The molecule has 1 aliphatic carbocycles. The first-order chi connectivity index (χ1) is 11.2. The molecule has 0 aliphatic heterocycles. The fraction of sp³-hybridized carbons (Fsp3) is 0.500. The SMILES string of the molecule is CC(C)(CCC(=O)O)Nc1ccc(C(=O)NC2CC2)cc1[N+](=O)[O-]. The molecular weight excluding hydrogens is 314 g/mol. The zero-order valence-corrected chi connectivity index (χ0v) is 13.7. The van der Waals surface area contributed by atoms with Crippen molar-refractivity contribution in [3.05, 3.63) is 33.9 Å². The molecular formula is C16H21N3O5. The molecule has 1 fully saturated rings. The molecule has 8 nitrogen and oxygen atoms in total. The van der Waals surface area contributed by atoms with Gasteiger partial charge < -0.3 is 15.7 Å². The van der Waals surface area contributed by atoms with Gasteiger partial charge in [0, 0.05) is 29.6 Å². The van der Waals surface area contributed by atoms with Gasteiger partial charge in [0.25, 0.3) is 11.6 Å². The quantitative estimate of drug-likeness (QED) is 0.496. The lowest BCUT2D eigenvalue weighted by atomic mass is 9.97. The molecule has 1 aromatic carbocycles. The lowest BCUT2D eigenvalue weighted by molar-refractivity contribution is -0.384. The summed E-state index contributed by atoms with van der Waals surface area (Å²) >= 11 is 0. The van der Waals surface area contributed by atoms with Crippen molar-refractivity contribution >= 4 is 23.3 Å². The zero-order chi connectivity index (χ0) is 17.9. The summed E-state index contributed by atoms with van der Waals surface area (Å²) in [5, 5.41) is 25.9. The molecule has 1 saturated carbocycles. The molecule has 0 unspecified atom stereocenters. The van der Waals surface area contributed by atoms with Crippen LogP contribution < -0.4 is 10.6 Å². The molecule has 2 rings (SSSR count). The van der Waals surface area contributed by atoms with Crippen molar-refractivity contribution in [2.45, 2.75) is 51.1 Å². The van der Waals surface area contributed by atoms with Gasteiger partial charge in [-0.3, -0.25) is 19.7 Å². The summed E-state index contributed by atoms with van der Waals surface area (Å²) in [7, 11) is 0. The van der Waals surface area contributed by atoms with Gasteiger partial charge in [-0.05, 0) is 45.2 Å². The highest BCUT2D eigenvalue weighted by Gasteiger charge is 2.27. The van der Waals surface area contributed by atoms with Gasteiger partial charge in [0.15, 0.2) is 0 Å². The Bertz CT molecular complexity index is 668. The normalized spacial score (nSPS) is 14.1. The van der Waals surface area contributed by atoms with Gasteiger partial charge in [0.05, 0.1) is 4.92 Å². The van der Waals surface area contributed by atoms with E-state index in [1.807, 2.05) is 0 Å². The first kappa shape index (κ1) is 17.7. The lowest BCUT2D eigenvalue weighted by Crippen LogP contribution is -2.32. The van der Waals surface area contributed by atoms with Crippen LogP contribution in [-0.2, 0) is 4.79 Å². The number of nitrogens with one attached hydrogen (secondary N) is 2. The third kappa shape index (κ3) is 4.94. The van der Waals surface area contributed by atoms with E-state index in [1.54, 1.807) is 13.8 Å². The monoisotopic (exact) mass is 335 g/mol. The molecule has 0 radical (unpaired) electrons. The van der Waals surface area contributed by atoms with Crippen LogP contribution >= 0.6 is 0 Å². The predicted octanol–water partition coefficient (Wildman–Crippen LogP) is 2.54. The maximum atomic E-state index is 12.0. The summed E-state index contributed by atoms with van der Waals surface area (Å²) in [6.07, 6.45) is 2.13. The van der Waals surface area contributed by atoms with E-state index < -0.39 is 16.4 Å². The standard InChI is InChI=1S/C16H21N3O5/c1-16(2,8-7-14(20)21)18-12-6-3-10(9-13(12)19(23)24)15(22)17-11-4-5-11/h3,6,9,11,18H,4-5,7-8H2,1-2H3,(H,17,22)(H,20,21). The molecule has 0 bridgehead atoms. The number of nitro benzene ring substituents is 1. The minimum absolute atomic E-state index is 0.0460. The predicted molar refractivity (Wildman–Crippen MR) is 88.2 cm³/mol. The molecule has 0 atom stereocenters. The van der Waals surface area contributed by atoms with Crippen LogP contribution in [0.2, 0.25) is 0 Å². The van der Waals surface area contributed by atoms with Gasteiger partial charge in [-0.15, -0.1) is 0 Å². The highest BCUT2D eigenvalue weighted by atomic mass is 16.6. The summed E-state index contributed by atoms with van der Waals surface area (Å²) < 4.78 is 0. The number of carboxylic acids is 1. The van der Waals surface area contributed by atoms with E-state index in [4.69, 9.17) is 5.11 Å². The zero-order valence-electron chi connectivity index (χ0n) is 13.7. The van der Waals surface area contributed by atoms with Crippen molar-refractivity contribution in [1.82, 2.24) is 5.32 Å². The van der Waals surface area contributed by atoms with Crippen LogP contribution in [0.5, 0.6) is 0 Å². The van der Waals surface area contributed by atoms with Gasteiger partial charge in [-0.25, -0.2) is 0 Å². The summed E-state index contributed by atoms with van der Waals surface area (Å²) in [6.45, 7) is 3.54. The second-order valence-corrected chi connectivity index (χ2v) is 6.64. The number of carbonyl (C=O) groups is 2. The molecule has 1 aliphatic rings. The van der Waals surface area contributed by atoms with Crippen LogP contribution in [0.15, 0.2) is 18.2 Å². The third-order valence-electron chi connectivity index (χ3n) is 3.81. The Labute approximate surface area is 139 Å². The highest BCUT2D eigenvalue weighted by molar-refractivity contribution is 5.96. The minimum Gasteiger partial charge on any atom is -0.481 e. The van der Waals surface area contributed by atoms with E-state index in [2.05, 4.69) is 10.6 Å². The number of hydrogen-bond acceptors (Lipinski definition) is 5. The van der Waals surface area contributed by atoms with Crippen molar-refractivity contribution in [3.8, 4) is 0 Å². The van der Waals surface area contributed by atoms with Crippen LogP contribution in [0.1, 0.15) is 49.9 Å². The summed E-state index contributed by atoms with van der Waals surface area (Å²) in [6, 6.07) is 4.43. The molecule has 1 amide bonds. The van der Waals surface area contributed by atoms with Crippen molar-refractivity contribution in [2.75, 3.05) is 5.32 Å². The number of aliphatic carboxylic acids is 1. The average molecular weight is 335 g/mol. The maximum Gasteiger partial charge on any atom is 0.303 e. The Kier molecular flexibility index (Phi) is 5.06. The van der Waals surface area contributed by atoms with Crippen LogP contribution in [0.4, 0.5) is 11.4 Å².